The molecule has 7 aromatic carbocycles. The summed E-state index contributed by atoms with van der Waals surface area (Å²) in [7, 11) is 0. The van der Waals surface area contributed by atoms with E-state index in [4.69, 9.17) is 0 Å². The van der Waals surface area contributed by atoms with Crippen molar-refractivity contribution in [1.82, 2.24) is 0 Å². The highest BCUT2D eigenvalue weighted by atomic mass is 16.4. The number of benzene rings is 7. The molecule has 3 N–H and O–H groups in total. The third kappa shape index (κ3) is 13.1. The van der Waals surface area contributed by atoms with Crippen molar-refractivity contribution in [2.75, 3.05) is 6.61 Å². The molecule has 0 fully saturated rings. The van der Waals surface area contributed by atoms with Gasteiger partial charge in [0.2, 0.25) is 0 Å². The molecular weight excluding hydrogens is 833 g/mol. The lowest BCUT2D eigenvalue weighted by Gasteiger charge is -2.49. The average Bonchev–Trinajstić information content (AvgIpc) is 3.39. The molecule has 0 radical (unpaired) electrons. The summed E-state index contributed by atoms with van der Waals surface area (Å²) in [5, 5.41) is 42.5. The highest BCUT2D eigenvalue weighted by Gasteiger charge is 2.61. The molecule has 0 aliphatic heterocycles. The first kappa shape index (κ1) is 52.5. The van der Waals surface area contributed by atoms with Crippen LogP contribution in [-0.2, 0) is 16.6 Å². The van der Waals surface area contributed by atoms with Gasteiger partial charge in [0.15, 0.2) is 11.4 Å². The number of rotatable bonds is 30. The van der Waals surface area contributed by atoms with E-state index in [0.717, 1.165) is 19.3 Å². The second-order valence-electron chi connectivity index (χ2n) is 19.5. The largest absolute Gasteiger partial charge is 0.394 e. The highest BCUT2D eigenvalue weighted by Crippen LogP contribution is 2.50. The van der Waals surface area contributed by atoms with Crippen LogP contribution in [-0.4, -0.2) is 39.4 Å². The van der Waals surface area contributed by atoms with E-state index in [2.05, 4.69) is 68.4 Å². The topological polar surface area (TPSA) is 77.8 Å². The number of carbonyl (C=O) groups is 1. The lowest BCUT2D eigenvalue weighted by atomic mass is 9.56. The summed E-state index contributed by atoms with van der Waals surface area (Å²) in [6.07, 6.45) is 26.9. The molecule has 0 amide bonds. The van der Waals surface area contributed by atoms with Crippen molar-refractivity contribution >= 4 is 38.1 Å². The Bertz CT molecular complexity index is 2350. The van der Waals surface area contributed by atoms with Gasteiger partial charge in [0, 0.05) is 6.42 Å². The minimum absolute atomic E-state index is 0.121. The van der Waals surface area contributed by atoms with E-state index in [9.17, 15) is 20.1 Å². The molecule has 362 valence electrons. The Morgan fingerprint density at radius 3 is 1.26 bits per heavy atom. The first-order valence-electron chi connectivity index (χ1n) is 26.8. The molecule has 4 nitrogen and oxygen atoms in total. The van der Waals surface area contributed by atoms with Crippen molar-refractivity contribution in [3.8, 4) is 0 Å². The van der Waals surface area contributed by atoms with E-state index in [1.807, 2.05) is 91.0 Å². The van der Waals surface area contributed by atoms with E-state index in [1.165, 1.54) is 153 Å². The molecule has 0 saturated carbocycles. The van der Waals surface area contributed by atoms with Crippen LogP contribution in [0, 0.1) is 0 Å². The molecule has 0 spiro atoms. The first-order chi connectivity index (χ1) is 33.4. The van der Waals surface area contributed by atoms with E-state index in [1.54, 1.807) is 0 Å². The fourth-order valence-corrected chi connectivity index (χ4v) is 11.0. The summed E-state index contributed by atoms with van der Waals surface area (Å²) >= 11 is 0. The third-order valence-electron chi connectivity index (χ3n) is 14.7. The molecule has 4 heteroatoms. The van der Waals surface area contributed by atoms with Gasteiger partial charge in [0.05, 0.1) is 12.0 Å². The molecule has 0 saturated heterocycles. The molecular formula is C64H82O4. The van der Waals surface area contributed by atoms with Crippen molar-refractivity contribution in [1.29, 1.82) is 0 Å². The molecule has 7 aromatic rings. The van der Waals surface area contributed by atoms with Crippen LogP contribution in [0.1, 0.15) is 177 Å². The smallest absolute Gasteiger partial charge is 0.168 e. The van der Waals surface area contributed by atoms with Gasteiger partial charge in [-0.2, -0.15) is 0 Å². The van der Waals surface area contributed by atoms with Crippen LogP contribution in [0.15, 0.2) is 146 Å². The Morgan fingerprint density at radius 2 is 0.824 bits per heavy atom. The fourth-order valence-electron chi connectivity index (χ4n) is 11.0. The Hall–Kier alpha value is -4.87. The van der Waals surface area contributed by atoms with Crippen LogP contribution in [0.5, 0.6) is 0 Å². The fraction of sp³-hybridized carbons (Fsp3) is 0.453. The van der Waals surface area contributed by atoms with Gasteiger partial charge in [-0.3, -0.25) is 4.79 Å². The summed E-state index contributed by atoms with van der Waals surface area (Å²) in [6.45, 7) is 3.74. The zero-order valence-electron chi connectivity index (χ0n) is 41.7. The zero-order valence-corrected chi connectivity index (χ0v) is 41.7. The standard InChI is InChI=1S/C32H40O4.C32H42/c1-2-3-4-5-6-7-17-24-29(34)32(36,30(35)25-33)31(26-18-11-8-12-19-26,27-20-13-9-14-21-27)28-22-15-10-16-23-28;1-2-3-4-5-6-7-8-9-10-11-12-13-14-15-17-26-20-21-29-23-22-27-18-16-19-28-24-25-30(26)32(29)31(27)28/h8-16,18-23,30,33,35-36H,2-7,17,24-25H2,1H3;16,18-25H,2-15,17H2,1H3. The number of ketones is 1. The van der Waals surface area contributed by atoms with Crippen LogP contribution < -0.4 is 0 Å². The maximum absolute atomic E-state index is 14.0. The number of hydrogen-bond acceptors (Lipinski definition) is 4. The minimum atomic E-state index is -2.30. The number of aliphatic hydroxyl groups excluding tert-OH is 2. The lowest BCUT2D eigenvalue weighted by molar-refractivity contribution is -0.164. The van der Waals surface area contributed by atoms with Crippen molar-refractivity contribution in [3.05, 3.63) is 168 Å². The second-order valence-corrected chi connectivity index (χ2v) is 19.5. The average molecular weight is 915 g/mol. The zero-order chi connectivity index (χ0) is 47.9. The van der Waals surface area contributed by atoms with Crippen molar-refractivity contribution in [2.45, 2.75) is 179 Å². The van der Waals surface area contributed by atoms with Crippen molar-refractivity contribution < 1.29 is 20.1 Å². The van der Waals surface area contributed by atoms with Crippen LogP contribution in [0.4, 0.5) is 0 Å². The number of aryl methyl sites for hydroxylation is 1. The van der Waals surface area contributed by atoms with Crippen LogP contribution >= 0.6 is 0 Å². The number of aliphatic hydroxyl groups is 3. The maximum Gasteiger partial charge on any atom is 0.168 e. The predicted molar refractivity (Wildman–Crippen MR) is 289 cm³/mol. The van der Waals surface area contributed by atoms with Gasteiger partial charge in [0.25, 0.3) is 0 Å². The van der Waals surface area contributed by atoms with E-state index in [-0.39, 0.29) is 6.42 Å². The molecule has 0 aromatic heterocycles. The molecule has 2 unspecified atom stereocenters. The quantitative estimate of drug-likeness (QED) is 0.0239. The molecule has 0 heterocycles. The normalized spacial score (nSPS) is 13.1. The summed E-state index contributed by atoms with van der Waals surface area (Å²) in [5.41, 5.74) is -0.179. The lowest BCUT2D eigenvalue weighted by Crippen LogP contribution is -2.65. The molecule has 0 aliphatic rings. The van der Waals surface area contributed by atoms with Crippen LogP contribution in [0.2, 0.25) is 0 Å². The number of unbranched alkanes of at least 4 members (excludes halogenated alkanes) is 19. The van der Waals surface area contributed by atoms with Crippen molar-refractivity contribution in [3.63, 3.8) is 0 Å². The van der Waals surface area contributed by atoms with Crippen molar-refractivity contribution in [2.24, 2.45) is 0 Å². The Morgan fingerprint density at radius 1 is 0.441 bits per heavy atom. The predicted octanol–water partition coefficient (Wildman–Crippen LogP) is 16.4. The Labute approximate surface area is 409 Å². The molecule has 0 aliphatic carbocycles. The Balaban J connectivity index is 0.000000225. The van der Waals surface area contributed by atoms with Gasteiger partial charge in [0.1, 0.15) is 6.10 Å². The van der Waals surface area contributed by atoms with Gasteiger partial charge in [-0.05, 0) is 73.8 Å². The number of hydrogen-bond donors (Lipinski definition) is 3. The Kier molecular flexibility index (Phi) is 21.6. The van der Waals surface area contributed by atoms with Gasteiger partial charge in [-0.15, -0.1) is 0 Å². The highest BCUT2D eigenvalue weighted by molar-refractivity contribution is 6.23. The molecule has 68 heavy (non-hydrogen) atoms. The van der Waals surface area contributed by atoms with Gasteiger partial charge < -0.3 is 15.3 Å². The van der Waals surface area contributed by atoms with Crippen LogP contribution in [0.25, 0.3) is 32.3 Å². The maximum atomic E-state index is 14.0. The summed E-state index contributed by atoms with van der Waals surface area (Å²) in [5.74, 6) is -0.464. The van der Waals surface area contributed by atoms with E-state index >= 15 is 0 Å². The van der Waals surface area contributed by atoms with E-state index in [0.29, 0.717) is 23.1 Å². The van der Waals surface area contributed by atoms with Crippen LogP contribution in [0.3, 0.4) is 0 Å². The number of carbonyl (C=O) groups excluding carboxylic acids is 1. The summed E-state index contributed by atoms with van der Waals surface area (Å²) in [6, 6.07) is 48.7. The van der Waals surface area contributed by atoms with Gasteiger partial charge >= 0.3 is 0 Å². The monoisotopic (exact) mass is 915 g/mol. The molecule has 0 bridgehead atoms. The first-order valence-corrected chi connectivity index (χ1v) is 26.8. The molecule has 2 atom stereocenters. The summed E-state index contributed by atoms with van der Waals surface area (Å²) < 4.78 is 0. The van der Waals surface area contributed by atoms with E-state index < -0.39 is 29.5 Å². The third-order valence-corrected chi connectivity index (χ3v) is 14.7. The summed E-state index contributed by atoms with van der Waals surface area (Å²) in [4.78, 5) is 14.0. The van der Waals surface area contributed by atoms with Gasteiger partial charge in [-0.1, -0.05) is 281 Å². The SMILES string of the molecule is CCCCCCCCCC(=O)C(O)(C(O)CO)C(c1ccccc1)(c1ccccc1)c1ccccc1.CCCCCCCCCCCCCCCCc1ccc2ccc3cccc4ccc1c2c34. The minimum Gasteiger partial charge on any atom is -0.394 e. The molecule has 7 rings (SSSR count). The number of Topliss-reactive ketones (excluding diaryl/α,β-unsaturated/α-hetero) is 1. The van der Waals surface area contributed by atoms with Gasteiger partial charge in [-0.25, -0.2) is 0 Å². The second kappa shape index (κ2) is 28.0.